The van der Waals surface area contributed by atoms with E-state index in [0.29, 0.717) is 5.41 Å². The lowest BCUT2D eigenvalue weighted by molar-refractivity contribution is -0.160. The number of ether oxygens (including phenoxy) is 1. The van der Waals surface area contributed by atoms with Crippen LogP contribution in [-0.2, 0) is 9.53 Å². The van der Waals surface area contributed by atoms with Gasteiger partial charge in [-0.2, -0.15) is 0 Å². The molecule has 4 nitrogen and oxygen atoms in total. The lowest BCUT2D eigenvalue weighted by atomic mass is 9.68. The quantitative estimate of drug-likeness (QED) is 0.756. The highest BCUT2D eigenvalue weighted by Crippen LogP contribution is 2.43. The largest absolute Gasteiger partial charge is 0.468 e. The van der Waals surface area contributed by atoms with Gasteiger partial charge in [0, 0.05) is 26.2 Å². The highest BCUT2D eigenvalue weighted by Gasteiger charge is 2.49. The SMILES string of the molecule is COC(=O)C1(N2CCNCC2)CCC(C)(C)CC1. The van der Waals surface area contributed by atoms with Crippen molar-refractivity contribution in [3.05, 3.63) is 0 Å². The van der Waals surface area contributed by atoms with Crippen LogP contribution in [0.4, 0.5) is 0 Å². The molecule has 0 aromatic heterocycles. The summed E-state index contributed by atoms with van der Waals surface area (Å²) in [5, 5.41) is 3.35. The van der Waals surface area contributed by atoms with E-state index < -0.39 is 0 Å². The average molecular weight is 254 g/mol. The molecule has 1 saturated carbocycles. The number of esters is 1. The van der Waals surface area contributed by atoms with Crippen molar-refractivity contribution in [2.75, 3.05) is 33.3 Å². The molecular formula is C14H26N2O2. The second-order valence-electron chi connectivity index (χ2n) is 6.42. The number of carbonyl (C=O) groups excluding carboxylic acids is 1. The normalized spacial score (nSPS) is 27.7. The van der Waals surface area contributed by atoms with Crippen LogP contribution >= 0.6 is 0 Å². The number of rotatable bonds is 2. The van der Waals surface area contributed by atoms with E-state index in [2.05, 4.69) is 24.1 Å². The Balaban J connectivity index is 2.16. The van der Waals surface area contributed by atoms with Crippen molar-refractivity contribution >= 4 is 5.97 Å². The van der Waals surface area contributed by atoms with Crippen molar-refractivity contribution in [3.8, 4) is 0 Å². The summed E-state index contributed by atoms with van der Waals surface area (Å²) in [4.78, 5) is 14.7. The van der Waals surface area contributed by atoms with Crippen LogP contribution in [0.25, 0.3) is 0 Å². The zero-order valence-corrected chi connectivity index (χ0v) is 11.9. The first-order chi connectivity index (χ1) is 8.50. The lowest BCUT2D eigenvalue weighted by Gasteiger charge is -2.49. The zero-order valence-electron chi connectivity index (χ0n) is 11.9. The van der Waals surface area contributed by atoms with Gasteiger partial charge in [-0.1, -0.05) is 13.8 Å². The molecule has 0 radical (unpaired) electrons. The number of nitrogens with zero attached hydrogens (tertiary/aromatic N) is 1. The van der Waals surface area contributed by atoms with Crippen molar-refractivity contribution in [2.24, 2.45) is 5.41 Å². The molecule has 0 aromatic rings. The van der Waals surface area contributed by atoms with E-state index in [1.807, 2.05) is 0 Å². The van der Waals surface area contributed by atoms with Crippen molar-refractivity contribution in [1.82, 2.24) is 10.2 Å². The van der Waals surface area contributed by atoms with Crippen molar-refractivity contribution in [2.45, 2.75) is 45.1 Å². The van der Waals surface area contributed by atoms with Crippen LogP contribution in [0.15, 0.2) is 0 Å². The van der Waals surface area contributed by atoms with Crippen molar-refractivity contribution in [3.63, 3.8) is 0 Å². The summed E-state index contributed by atoms with van der Waals surface area (Å²) in [6, 6.07) is 0. The van der Waals surface area contributed by atoms with Gasteiger partial charge in [-0.15, -0.1) is 0 Å². The molecule has 1 N–H and O–H groups in total. The first-order valence-electron chi connectivity index (χ1n) is 7.04. The summed E-state index contributed by atoms with van der Waals surface area (Å²) in [7, 11) is 1.52. The maximum absolute atomic E-state index is 12.3. The van der Waals surface area contributed by atoms with Gasteiger partial charge < -0.3 is 10.1 Å². The summed E-state index contributed by atoms with van der Waals surface area (Å²) in [6.07, 6.45) is 4.08. The number of hydrogen-bond acceptors (Lipinski definition) is 4. The van der Waals surface area contributed by atoms with Crippen LogP contribution in [-0.4, -0.2) is 49.7 Å². The fourth-order valence-electron chi connectivity index (χ4n) is 3.27. The number of piperazine rings is 1. The summed E-state index contributed by atoms with van der Waals surface area (Å²) >= 11 is 0. The summed E-state index contributed by atoms with van der Waals surface area (Å²) in [5.41, 5.74) is 0.0118. The first kappa shape index (κ1) is 13.8. The summed E-state index contributed by atoms with van der Waals surface area (Å²) < 4.78 is 5.11. The predicted molar refractivity (Wildman–Crippen MR) is 71.4 cm³/mol. The van der Waals surface area contributed by atoms with E-state index in [0.717, 1.165) is 51.9 Å². The van der Waals surface area contributed by atoms with Crippen LogP contribution in [0.5, 0.6) is 0 Å². The summed E-state index contributed by atoms with van der Waals surface area (Å²) in [6.45, 7) is 8.45. The molecule has 4 heteroatoms. The molecule has 1 saturated heterocycles. The molecule has 0 unspecified atom stereocenters. The lowest BCUT2D eigenvalue weighted by Crippen LogP contribution is -2.62. The van der Waals surface area contributed by atoms with E-state index in [9.17, 15) is 4.79 Å². The van der Waals surface area contributed by atoms with Crippen LogP contribution < -0.4 is 5.32 Å². The van der Waals surface area contributed by atoms with E-state index in [4.69, 9.17) is 4.74 Å². The van der Waals surface area contributed by atoms with Crippen molar-refractivity contribution in [1.29, 1.82) is 0 Å². The zero-order chi connectivity index (χ0) is 13.2. The Labute approximate surface area is 110 Å². The Kier molecular flexibility index (Phi) is 3.97. The molecule has 2 aliphatic rings. The van der Waals surface area contributed by atoms with Crippen LogP contribution in [0.1, 0.15) is 39.5 Å². The molecule has 18 heavy (non-hydrogen) atoms. The molecule has 1 heterocycles. The average Bonchev–Trinajstić information content (AvgIpc) is 2.39. The van der Waals surface area contributed by atoms with Gasteiger partial charge in [0.05, 0.1) is 7.11 Å². The monoisotopic (exact) mass is 254 g/mol. The highest BCUT2D eigenvalue weighted by molar-refractivity contribution is 5.81. The minimum atomic E-state index is -0.355. The van der Waals surface area contributed by atoms with E-state index in [1.54, 1.807) is 0 Å². The molecule has 2 fully saturated rings. The van der Waals surface area contributed by atoms with Gasteiger partial charge in [0.1, 0.15) is 5.54 Å². The van der Waals surface area contributed by atoms with Crippen LogP contribution in [0.2, 0.25) is 0 Å². The molecule has 0 amide bonds. The molecule has 104 valence electrons. The van der Waals surface area contributed by atoms with E-state index in [1.165, 1.54) is 7.11 Å². The predicted octanol–water partition coefficient (Wildman–Crippen LogP) is 1.40. The minimum Gasteiger partial charge on any atom is -0.468 e. The summed E-state index contributed by atoms with van der Waals surface area (Å²) in [5.74, 6) is -0.0279. The smallest absolute Gasteiger partial charge is 0.326 e. The minimum absolute atomic E-state index is 0.0279. The number of carbonyl (C=O) groups is 1. The fourth-order valence-corrected chi connectivity index (χ4v) is 3.27. The van der Waals surface area contributed by atoms with Gasteiger partial charge in [-0.05, 0) is 31.1 Å². The third kappa shape index (κ3) is 2.54. The van der Waals surface area contributed by atoms with Crippen LogP contribution in [0.3, 0.4) is 0 Å². The molecule has 0 spiro atoms. The van der Waals surface area contributed by atoms with Gasteiger partial charge in [0.2, 0.25) is 0 Å². The maximum atomic E-state index is 12.3. The Morgan fingerprint density at radius 1 is 1.11 bits per heavy atom. The fraction of sp³-hybridized carbons (Fsp3) is 0.929. The van der Waals surface area contributed by atoms with Gasteiger partial charge in [-0.3, -0.25) is 9.69 Å². The number of methoxy groups -OCH3 is 1. The molecule has 0 atom stereocenters. The Morgan fingerprint density at radius 3 is 2.17 bits per heavy atom. The second-order valence-corrected chi connectivity index (χ2v) is 6.42. The Hall–Kier alpha value is -0.610. The Bertz CT molecular complexity index is 299. The maximum Gasteiger partial charge on any atom is 0.326 e. The van der Waals surface area contributed by atoms with Crippen LogP contribution in [0, 0.1) is 5.41 Å². The molecule has 0 aromatic carbocycles. The molecule has 2 rings (SSSR count). The van der Waals surface area contributed by atoms with Gasteiger partial charge in [0.25, 0.3) is 0 Å². The topological polar surface area (TPSA) is 41.6 Å². The molecule has 0 bridgehead atoms. The van der Waals surface area contributed by atoms with Gasteiger partial charge in [-0.25, -0.2) is 0 Å². The first-order valence-corrected chi connectivity index (χ1v) is 7.04. The van der Waals surface area contributed by atoms with Gasteiger partial charge >= 0.3 is 5.97 Å². The molecular weight excluding hydrogens is 228 g/mol. The molecule has 1 aliphatic carbocycles. The van der Waals surface area contributed by atoms with Crippen molar-refractivity contribution < 1.29 is 9.53 Å². The third-order valence-electron chi connectivity index (χ3n) is 4.72. The van der Waals surface area contributed by atoms with E-state index in [-0.39, 0.29) is 11.5 Å². The number of nitrogens with one attached hydrogen (secondary N) is 1. The second kappa shape index (κ2) is 5.17. The van der Waals surface area contributed by atoms with E-state index >= 15 is 0 Å². The third-order valence-corrected chi connectivity index (χ3v) is 4.72. The Morgan fingerprint density at radius 2 is 1.67 bits per heavy atom. The highest BCUT2D eigenvalue weighted by atomic mass is 16.5. The number of hydrogen-bond donors (Lipinski definition) is 1. The standard InChI is InChI=1S/C14H26N2O2/c1-13(2)4-6-14(7-5-13,12(17)18-3)16-10-8-15-9-11-16/h15H,4-11H2,1-3H3. The molecule has 1 aliphatic heterocycles. The van der Waals surface area contributed by atoms with Gasteiger partial charge in [0.15, 0.2) is 0 Å².